The lowest BCUT2D eigenvalue weighted by Crippen LogP contribution is -1.91. The second-order valence-electron chi connectivity index (χ2n) is 4.56. The van der Waals surface area contributed by atoms with E-state index in [9.17, 15) is 0 Å². The Morgan fingerprint density at radius 2 is 2.05 bits per heavy atom. The summed E-state index contributed by atoms with van der Waals surface area (Å²) in [5, 5.41) is 3.84. The molecule has 0 saturated heterocycles. The first kappa shape index (κ1) is 13.8. The number of aromatic nitrogens is 1. The standard InChI is InChI=1S/C15H13BrN2O3/c1-8-3-4-9(7-11(8)19-2)13-14(21-18-15(13)17)10-5-6-12(16)20-10/h3-7H,1-2H3,(H2,17,18). The molecular weight excluding hydrogens is 336 g/mol. The van der Waals surface area contributed by atoms with E-state index in [-0.39, 0.29) is 0 Å². The molecule has 0 unspecified atom stereocenters. The molecule has 108 valence electrons. The number of hydrogen-bond donors (Lipinski definition) is 1. The highest BCUT2D eigenvalue weighted by atomic mass is 79.9. The van der Waals surface area contributed by atoms with Gasteiger partial charge in [-0.3, -0.25) is 0 Å². The Hall–Kier alpha value is -2.21. The molecule has 2 heterocycles. The first-order valence-corrected chi connectivity index (χ1v) is 7.05. The summed E-state index contributed by atoms with van der Waals surface area (Å²) in [4.78, 5) is 0. The Morgan fingerprint density at radius 1 is 1.24 bits per heavy atom. The maximum absolute atomic E-state index is 5.95. The quantitative estimate of drug-likeness (QED) is 0.765. The average molecular weight is 349 g/mol. The number of nitrogens with zero attached hydrogens (tertiary/aromatic N) is 1. The molecule has 0 bridgehead atoms. The number of aryl methyl sites for hydroxylation is 1. The molecule has 0 saturated carbocycles. The zero-order valence-corrected chi connectivity index (χ0v) is 13.1. The second kappa shape index (κ2) is 5.29. The SMILES string of the molecule is COc1cc(-c2c(N)noc2-c2ccc(Br)o2)ccc1C. The van der Waals surface area contributed by atoms with E-state index in [4.69, 9.17) is 19.4 Å². The van der Waals surface area contributed by atoms with Gasteiger partial charge in [0.2, 0.25) is 5.76 Å². The van der Waals surface area contributed by atoms with Crippen LogP contribution in [0.4, 0.5) is 5.82 Å². The van der Waals surface area contributed by atoms with Crippen LogP contribution in [0.3, 0.4) is 0 Å². The van der Waals surface area contributed by atoms with Crippen LogP contribution in [0.25, 0.3) is 22.6 Å². The van der Waals surface area contributed by atoms with Gasteiger partial charge in [0.1, 0.15) is 5.75 Å². The fourth-order valence-corrected chi connectivity index (χ4v) is 2.47. The summed E-state index contributed by atoms with van der Waals surface area (Å²) >= 11 is 3.27. The summed E-state index contributed by atoms with van der Waals surface area (Å²) in [7, 11) is 1.63. The topological polar surface area (TPSA) is 74.4 Å². The Bertz CT molecular complexity index is 792. The van der Waals surface area contributed by atoms with Crippen molar-refractivity contribution in [1.82, 2.24) is 5.16 Å². The highest BCUT2D eigenvalue weighted by Gasteiger charge is 2.21. The second-order valence-corrected chi connectivity index (χ2v) is 5.34. The monoisotopic (exact) mass is 348 g/mol. The fraction of sp³-hybridized carbons (Fsp3) is 0.133. The fourth-order valence-electron chi connectivity index (χ4n) is 2.16. The van der Waals surface area contributed by atoms with E-state index >= 15 is 0 Å². The van der Waals surface area contributed by atoms with Crippen LogP contribution in [-0.4, -0.2) is 12.3 Å². The van der Waals surface area contributed by atoms with Crippen molar-refractivity contribution in [2.24, 2.45) is 0 Å². The third-order valence-corrected chi connectivity index (χ3v) is 3.64. The van der Waals surface area contributed by atoms with Gasteiger partial charge >= 0.3 is 0 Å². The van der Waals surface area contributed by atoms with Crippen LogP contribution in [0.15, 0.2) is 43.9 Å². The van der Waals surface area contributed by atoms with Crippen LogP contribution in [0.5, 0.6) is 5.75 Å². The van der Waals surface area contributed by atoms with Crippen molar-refractivity contribution in [2.45, 2.75) is 6.92 Å². The molecular formula is C15H13BrN2O3. The minimum absolute atomic E-state index is 0.309. The van der Waals surface area contributed by atoms with Gasteiger partial charge in [-0.1, -0.05) is 17.3 Å². The molecule has 6 heteroatoms. The summed E-state index contributed by atoms with van der Waals surface area (Å²) in [5.41, 5.74) is 8.54. The normalized spacial score (nSPS) is 10.8. The van der Waals surface area contributed by atoms with E-state index in [1.807, 2.05) is 25.1 Å². The van der Waals surface area contributed by atoms with E-state index in [1.165, 1.54) is 0 Å². The number of halogens is 1. The van der Waals surface area contributed by atoms with Crippen LogP contribution >= 0.6 is 15.9 Å². The van der Waals surface area contributed by atoms with Crippen LogP contribution in [0, 0.1) is 6.92 Å². The molecule has 0 aliphatic heterocycles. The molecule has 0 amide bonds. The highest BCUT2D eigenvalue weighted by molar-refractivity contribution is 9.10. The highest BCUT2D eigenvalue weighted by Crippen LogP contribution is 2.39. The first-order chi connectivity index (χ1) is 10.1. The van der Waals surface area contributed by atoms with Gasteiger partial charge in [-0.15, -0.1) is 0 Å². The van der Waals surface area contributed by atoms with Crippen LogP contribution in [0.2, 0.25) is 0 Å². The lowest BCUT2D eigenvalue weighted by molar-refractivity contribution is 0.412. The van der Waals surface area contributed by atoms with E-state index < -0.39 is 0 Å². The molecule has 0 aliphatic carbocycles. The van der Waals surface area contributed by atoms with Gasteiger partial charge in [-0.05, 0) is 52.2 Å². The van der Waals surface area contributed by atoms with Crippen molar-refractivity contribution in [1.29, 1.82) is 0 Å². The Balaban J connectivity index is 2.17. The van der Waals surface area contributed by atoms with Crippen LogP contribution in [-0.2, 0) is 0 Å². The Kier molecular flexibility index (Phi) is 3.47. The average Bonchev–Trinajstić information content (AvgIpc) is 3.05. The Morgan fingerprint density at radius 3 is 2.71 bits per heavy atom. The lowest BCUT2D eigenvalue weighted by Gasteiger charge is -2.07. The molecule has 2 aromatic heterocycles. The summed E-state index contributed by atoms with van der Waals surface area (Å²) in [6, 6.07) is 9.39. The minimum Gasteiger partial charge on any atom is -0.496 e. The smallest absolute Gasteiger partial charge is 0.212 e. The largest absolute Gasteiger partial charge is 0.496 e. The number of rotatable bonds is 3. The summed E-state index contributed by atoms with van der Waals surface area (Å²) in [6.45, 7) is 1.98. The lowest BCUT2D eigenvalue weighted by atomic mass is 10.0. The number of nitrogen functional groups attached to an aromatic ring is 1. The van der Waals surface area contributed by atoms with Crippen molar-refractivity contribution in [2.75, 3.05) is 12.8 Å². The third kappa shape index (κ3) is 2.42. The molecule has 2 N–H and O–H groups in total. The molecule has 0 spiro atoms. The molecule has 3 rings (SSSR count). The van der Waals surface area contributed by atoms with Gasteiger partial charge in [0.15, 0.2) is 16.2 Å². The molecule has 5 nitrogen and oxygen atoms in total. The molecule has 0 radical (unpaired) electrons. The molecule has 21 heavy (non-hydrogen) atoms. The molecule has 1 aromatic carbocycles. The molecule has 0 atom stereocenters. The maximum Gasteiger partial charge on any atom is 0.212 e. The van der Waals surface area contributed by atoms with Gasteiger partial charge in [-0.2, -0.15) is 0 Å². The number of furan rings is 1. The van der Waals surface area contributed by atoms with Crippen LogP contribution < -0.4 is 10.5 Å². The predicted molar refractivity (Wildman–Crippen MR) is 83.0 cm³/mol. The van der Waals surface area contributed by atoms with Gasteiger partial charge in [0.05, 0.1) is 12.7 Å². The summed E-state index contributed by atoms with van der Waals surface area (Å²) in [5.74, 6) is 2.13. The number of benzene rings is 1. The zero-order valence-electron chi connectivity index (χ0n) is 11.5. The van der Waals surface area contributed by atoms with Crippen molar-refractivity contribution >= 4 is 21.7 Å². The molecule has 3 aromatic rings. The minimum atomic E-state index is 0.309. The van der Waals surface area contributed by atoms with E-state index in [1.54, 1.807) is 19.2 Å². The first-order valence-electron chi connectivity index (χ1n) is 6.26. The van der Waals surface area contributed by atoms with E-state index in [0.717, 1.165) is 16.9 Å². The van der Waals surface area contributed by atoms with E-state index in [0.29, 0.717) is 27.6 Å². The van der Waals surface area contributed by atoms with Crippen molar-refractivity contribution < 1.29 is 13.7 Å². The third-order valence-electron chi connectivity index (χ3n) is 3.21. The van der Waals surface area contributed by atoms with Gasteiger partial charge in [0.25, 0.3) is 0 Å². The number of anilines is 1. The predicted octanol–water partition coefficient (Wildman–Crippen LogP) is 4.26. The van der Waals surface area contributed by atoms with Crippen LogP contribution in [0.1, 0.15) is 5.56 Å². The summed E-state index contributed by atoms with van der Waals surface area (Å²) in [6.07, 6.45) is 0. The van der Waals surface area contributed by atoms with Gasteiger partial charge in [0, 0.05) is 0 Å². The molecule has 0 aliphatic rings. The zero-order chi connectivity index (χ0) is 15.0. The number of nitrogens with two attached hydrogens (primary N) is 1. The number of hydrogen-bond acceptors (Lipinski definition) is 5. The maximum atomic E-state index is 5.95. The number of ether oxygens (including phenoxy) is 1. The Labute approximate surface area is 129 Å². The molecule has 0 fully saturated rings. The number of methoxy groups -OCH3 is 1. The van der Waals surface area contributed by atoms with Crippen molar-refractivity contribution in [3.8, 4) is 28.4 Å². The van der Waals surface area contributed by atoms with Crippen molar-refractivity contribution in [3.05, 3.63) is 40.6 Å². The van der Waals surface area contributed by atoms with Gasteiger partial charge in [-0.25, -0.2) is 0 Å². The van der Waals surface area contributed by atoms with Gasteiger partial charge < -0.3 is 19.4 Å². The van der Waals surface area contributed by atoms with Crippen molar-refractivity contribution in [3.63, 3.8) is 0 Å². The summed E-state index contributed by atoms with van der Waals surface area (Å²) < 4.78 is 16.8. The van der Waals surface area contributed by atoms with E-state index in [2.05, 4.69) is 21.1 Å².